The van der Waals surface area contributed by atoms with E-state index >= 15 is 0 Å². The van der Waals surface area contributed by atoms with Crippen LogP contribution in [0.1, 0.15) is 37.6 Å². The van der Waals surface area contributed by atoms with Gasteiger partial charge in [-0.05, 0) is 31.4 Å². The van der Waals surface area contributed by atoms with Gasteiger partial charge < -0.3 is 10.4 Å². The molecule has 19 heavy (non-hydrogen) atoms. The molecular formula is C13H18Cl2N2O2. The predicted octanol–water partition coefficient (Wildman–Crippen LogP) is 2.92. The van der Waals surface area contributed by atoms with Crippen LogP contribution in [0.25, 0.3) is 0 Å². The maximum atomic E-state index is 11.9. The summed E-state index contributed by atoms with van der Waals surface area (Å²) in [6.45, 7) is 5.89. The van der Waals surface area contributed by atoms with Crippen LogP contribution in [0.2, 0.25) is 10.3 Å². The third-order valence-corrected chi connectivity index (χ3v) is 2.89. The molecule has 0 bridgehead atoms. The van der Waals surface area contributed by atoms with E-state index in [1.54, 1.807) is 6.92 Å². The standard InChI is InChI=1S/C13H18Cl2N2O2/c1-8(2)6-13(3,19)7-16-12(18)9-4-10(14)17-11(15)5-9/h4-5,8,19H,6-7H2,1-3H3,(H,16,18). The number of carbonyl (C=O) groups is 1. The normalized spacial score (nSPS) is 14.3. The molecule has 1 unspecified atom stereocenters. The summed E-state index contributed by atoms with van der Waals surface area (Å²) >= 11 is 11.5. The zero-order chi connectivity index (χ0) is 14.6. The topological polar surface area (TPSA) is 62.2 Å². The van der Waals surface area contributed by atoms with Gasteiger partial charge in [-0.25, -0.2) is 4.98 Å². The van der Waals surface area contributed by atoms with Gasteiger partial charge in [0.25, 0.3) is 5.91 Å². The van der Waals surface area contributed by atoms with Gasteiger partial charge in [0.1, 0.15) is 10.3 Å². The molecule has 0 aliphatic carbocycles. The first-order valence-electron chi connectivity index (χ1n) is 6.03. The van der Waals surface area contributed by atoms with Gasteiger partial charge in [0.15, 0.2) is 0 Å². The number of aromatic nitrogens is 1. The summed E-state index contributed by atoms with van der Waals surface area (Å²) in [5.41, 5.74) is -0.616. The molecular weight excluding hydrogens is 287 g/mol. The Labute approximate surface area is 123 Å². The van der Waals surface area contributed by atoms with Crippen molar-refractivity contribution in [2.75, 3.05) is 6.54 Å². The maximum absolute atomic E-state index is 11.9. The molecule has 1 amide bonds. The Hall–Kier alpha value is -0.840. The van der Waals surface area contributed by atoms with Crippen LogP contribution >= 0.6 is 23.2 Å². The smallest absolute Gasteiger partial charge is 0.251 e. The fraction of sp³-hybridized carbons (Fsp3) is 0.538. The van der Waals surface area contributed by atoms with Crippen molar-refractivity contribution in [2.24, 2.45) is 5.92 Å². The minimum absolute atomic E-state index is 0.159. The largest absolute Gasteiger partial charge is 0.388 e. The molecule has 1 heterocycles. The van der Waals surface area contributed by atoms with Gasteiger partial charge >= 0.3 is 0 Å². The Morgan fingerprint density at radius 1 is 1.42 bits per heavy atom. The van der Waals surface area contributed by atoms with Crippen LogP contribution in [0.3, 0.4) is 0 Å². The minimum Gasteiger partial charge on any atom is -0.388 e. The van der Waals surface area contributed by atoms with Crippen molar-refractivity contribution in [1.29, 1.82) is 0 Å². The average Bonchev–Trinajstić information content (AvgIpc) is 2.22. The van der Waals surface area contributed by atoms with Gasteiger partial charge in [-0.2, -0.15) is 0 Å². The quantitative estimate of drug-likeness (QED) is 0.822. The summed E-state index contributed by atoms with van der Waals surface area (Å²) in [7, 11) is 0. The number of pyridine rings is 1. The summed E-state index contributed by atoms with van der Waals surface area (Å²) in [5, 5.41) is 13.1. The van der Waals surface area contributed by atoms with E-state index in [0.29, 0.717) is 17.9 Å². The van der Waals surface area contributed by atoms with Gasteiger partial charge in [0, 0.05) is 12.1 Å². The fourth-order valence-corrected chi connectivity index (χ4v) is 2.38. The lowest BCUT2D eigenvalue weighted by atomic mass is 9.94. The van der Waals surface area contributed by atoms with Crippen LogP contribution in [0.15, 0.2) is 12.1 Å². The molecule has 4 nitrogen and oxygen atoms in total. The fourth-order valence-electron chi connectivity index (χ4n) is 1.92. The van der Waals surface area contributed by atoms with E-state index in [2.05, 4.69) is 10.3 Å². The number of amides is 1. The monoisotopic (exact) mass is 304 g/mol. The Bertz CT molecular complexity index is 442. The first-order valence-corrected chi connectivity index (χ1v) is 6.79. The molecule has 106 valence electrons. The van der Waals surface area contributed by atoms with Crippen molar-refractivity contribution in [3.8, 4) is 0 Å². The molecule has 0 aliphatic rings. The number of halogens is 2. The molecule has 0 aliphatic heterocycles. The van der Waals surface area contributed by atoms with Crippen molar-refractivity contribution in [3.63, 3.8) is 0 Å². The molecule has 2 N–H and O–H groups in total. The number of nitrogens with one attached hydrogen (secondary N) is 1. The zero-order valence-corrected chi connectivity index (χ0v) is 12.7. The second-order valence-electron chi connectivity index (χ2n) is 5.28. The van der Waals surface area contributed by atoms with Crippen LogP contribution in [0.4, 0.5) is 0 Å². The number of hydrogen-bond donors (Lipinski definition) is 2. The van der Waals surface area contributed by atoms with Crippen molar-refractivity contribution in [3.05, 3.63) is 28.0 Å². The maximum Gasteiger partial charge on any atom is 0.251 e. The molecule has 1 aromatic rings. The number of rotatable bonds is 5. The van der Waals surface area contributed by atoms with E-state index in [-0.39, 0.29) is 22.8 Å². The van der Waals surface area contributed by atoms with Gasteiger partial charge in [0.2, 0.25) is 0 Å². The number of hydrogen-bond acceptors (Lipinski definition) is 3. The third kappa shape index (κ3) is 5.76. The molecule has 0 radical (unpaired) electrons. The predicted molar refractivity (Wildman–Crippen MR) is 76.7 cm³/mol. The zero-order valence-electron chi connectivity index (χ0n) is 11.2. The second-order valence-corrected chi connectivity index (χ2v) is 6.05. The summed E-state index contributed by atoms with van der Waals surface area (Å²) in [4.78, 5) is 15.7. The van der Waals surface area contributed by atoms with Crippen molar-refractivity contribution in [1.82, 2.24) is 10.3 Å². The Balaban J connectivity index is 2.65. The molecule has 1 aromatic heterocycles. The summed E-state index contributed by atoms with van der Waals surface area (Å²) in [6, 6.07) is 2.86. The highest BCUT2D eigenvalue weighted by Gasteiger charge is 2.23. The lowest BCUT2D eigenvalue weighted by molar-refractivity contribution is 0.0368. The molecule has 0 spiro atoms. The van der Waals surface area contributed by atoms with Crippen LogP contribution in [0, 0.1) is 5.92 Å². The number of carbonyl (C=O) groups excluding carboxylic acids is 1. The molecule has 6 heteroatoms. The highest BCUT2D eigenvalue weighted by Crippen LogP contribution is 2.17. The van der Waals surface area contributed by atoms with E-state index in [4.69, 9.17) is 23.2 Å². The van der Waals surface area contributed by atoms with Gasteiger partial charge in [-0.3, -0.25) is 4.79 Å². The van der Waals surface area contributed by atoms with Crippen LogP contribution < -0.4 is 5.32 Å². The molecule has 1 atom stereocenters. The molecule has 0 aromatic carbocycles. The second kappa shape index (κ2) is 6.55. The summed E-state index contributed by atoms with van der Waals surface area (Å²) < 4.78 is 0. The van der Waals surface area contributed by atoms with E-state index < -0.39 is 5.60 Å². The van der Waals surface area contributed by atoms with E-state index in [0.717, 1.165) is 0 Å². The minimum atomic E-state index is -0.940. The third-order valence-electron chi connectivity index (χ3n) is 2.50. The Morgan fingerprint density at radius 2 is 1.95 bits per heavy atom. The van der Waals surface area contributed by atoms with E-state index in [1.807, 2.05) is 13.8 Å². The molecule has 1 rings (SSSR count). The first kappa shape index (κ1) is 16.2. The summed E-state index contributed by atoms with van der Waals surface area (Å²) in [5.74, 6) is 0.00643. The lowest BCUT2D eigenvalue weighted by Crippen LogP contribution is -2.41. The number of nitrogens with zero attached hydrogens (tertiary/aromatic N) is 1. The lowest BCUT2D eigenvalue weighted by Gasteiger charge is -2.25. The molecule has 0 fully saturated rings. The Kier molecular flexibility index (Phi) is 5.59. The summed E-state index contributed by atoms with van der Waals surface area (Å²) in [6.07, 6.45) is 0.602. The molecule has 0 saturated carbocycles. The Morgan fingerprint density at radius 3 is 2.42 bits per heavy atom. The van der Waals surface area contributed by atoms with E-state index in [1.165, 1.54) is 12.1 Å². The van der Waals surface area contributed by atoms with Gasteiger partial charge in [0.05, 0.1) is 5.60 Å². The number of aliphatic hydroxyl groups is 1. The van der Waals surface area contributed by atoms with Crippen LogP contribution in [-0.2, 0) is 0 Å². The van der Waals surface area contributed by atoms with Crippen molar-refractivity contribution >= 4 is 29.1 Å². The van der Waals surface area contributed by atoms with Crippen LogP contribution in [-0.4, -0.2) is 28.1 Å². The van der Waals surface area contributed by atoms with Gasteiger partial charge in [-0.15, -0.1) is 0 Å². The molecule has 0 saturated heterocycles. The first-order chi connectivity index (χ1) is 8.69. The van der Waals surface area contributed by atoms with Crippen LogP contribution in [0.5, 0.6) is 0 Å². The average molecular weight is 305 g/mol. The SMILES string of the molecule is CC(C)CC(C)(O)CNC(=O)c1cc(Cl)nc(Cl)c1. The van der Waals surface area contributed by atoms with E-state index in [9.17, 15) is 9.90 Å². The van der Waals surface area contributed by atoms with Gasteiger partial charge in [-0.1, -0.05) is 37.0 Å². The highest BCUT2D eigenvalue weighted by atomic mass is 35.5. The highest BCUT2D eigenvalue weighted by molar-refractivity contribution is 6.33. The van der Waals surface area contributed by atoms with Crippen molar-refractivity contribution < 1.29 is 9.90 Å². The van der Waals surface area contributed by atoms with Crippen molar-refractivity contribution in [2.45, 2.75) is 32.8 Å².